The molecule has 0 saturated carbocycles. The monoisotopic (exact) mass is 213 g/mol. The SMILES string of the molecule is CCN1C(C)(C)CC(C(=O)O)CC1(C)C. The lowest BCUT2D eigenvalue weighted by molar-refractivity contribution is -0.150. The van der Waals surface area contributed by atoms with Gasteiger partial charge in [-0.25, -0.2) is 0 Å². The van der Waals surface area contributed by atoms with Gasteiger partial charge in [0.25, 0.3) is 0 Å². The largest absolute Gasteiger partial charge is 0.481 e. The molecule has 1 N–H and O–H groups in total. The number of piperidine rings is 1. The Balaban J connectivity index is 2.95. The van der Waals surface area contributed by atoms with Crippen molar-refractivity contribution in [1.82, 2.24) is 4.90 Å². The second-order valence-electron chi connectivity index (χ2n) is 5.81. The van der Waals surface area contributed by atoms with Crippen LogP contribution in [0.15, 0.2) is 0 Å². The van der Waals surface area contributed by atoms with Crippen LogP contribution in [-0.2, 0) is 4.79 Å². The molecule has 15 heavy (non-hydrogen) atoms. The first-order valence-corrected chi connectivity index (χ1v) is 5.71. The lowest BCUT2D eigenvalue weighted by Crippen LogP contribution is -2.61. The first-order chi connectivity index (χ1) is 6.70. The molecule has 3 heteroatoms. The third-order valence-corrected chi connectivity index (χ3v) is 3.62. The Morgan fingerprint density at radius 1 is 1.27 bits per heavy atom. The predicted octanol–water partition coefficient (Wildman–Crippen LogP) is 2.36. The highest BCUT2D eigenvalue weighted by molar-refractivity contribution is 5.70. The summed E-state index contributed by atoms with van der Waals surface area (Å²) < 4.78 is 0. The standard InChI is InChI=1S/C12H23NO2/c1-6-13-11(2,3)7-9(10(14)15)8-12(13,4)5/h9H,6-8H2,1-5H3,(H,14,15). The van der Waals surface area contributed by atoms with E-state index in [0.29, 0.717) is 0 Å². The van der Waals surface area contributed by atoms with Gasteiger partial charge >= 0.3 is 5.97 Å². The summed E-state index contributed by atoms with van der Waals surface area (Å²) in [5, 5.41) is 9.14. The Bertz CT molecular complexity index is 240. The van der Waals surface area contributed by atoms with Crippen LogP contribution >= 0.6 is 0 Å². The van der Waals surface area contributed by atoms with Crippen molar-refractivity contribution in [2.75, 3.05) is 6.54 Å². The van der Waals surface area contributed by atoms with E-state index in [9.17, 15) is 4.79 Å². The van der Waals surface area contributed by atoms with Gasteiger partial charge in [0.1, 0.15) is 0 Å². The number of likely N-dealkylation sites (tertiary alicyclic amines) is 1. The fourth-order valence-electron chi connectivity index (χ4n) is 3.35. The van der Waals surface area contributed by atoms with Crippen LogP contribution in [-0.4, -0.2) is 33.6 Å². The van der Waals surface area contributed by atoms with Crippen LogP contribution in [0.4, 0.5) is 0 Å². The molecule has 0 aromatic heterocycles. The highest BCUT2D eigenvalue weighted by atomic mass is 16.4. The highest BCUT2D eigenvalue weighted by Crippen LogP contribution is 2.40. The van der Waals surface area contributed by atoms with Gasteiger partial charge in [0.2, 0.25) is 0 Å². The average Bonchev–Trinajstić information content (AvgIpc) is 1.99. The Kier molecular flexibility index (Phi) is 3.15. The fourth-order valence-corrected chi connectivity index (χ4v) is 3.35. The molecule has 3 nitrogen and oxygen atoms in total. The number of carboxylic acid groups (broad SMARTS) is 1. The summed E-state index contributed by atoms with van der Waals surface area (Å²) in [7, 11) is 0. The van der Waals surface area contributed by atoms with Gasteiger partial charge in [-0.15, -0.1) is 0 Å². The molecule has 1 aliphatic heterocycles. The number of nitrogens with zero attached hydrogens (tertiary/aromatic N) is 1. The van der Waals surface area contributed by atoms with Crippen LogP contribution in [0, 0.1) is 5.92 Å². The van der Waals surface area contributed by atoms with Crippen LogP contribution in [0.5, 0.6) is 0 Å². The van der Waals surface area contributed by atoms with Gasteiger partial charge < -0.3 is 5.11 Å². The van der Waals surface area contributed by atoms with Crippen molar-refractivity contribution in [1.29, 1.82) is 0 Å². The summed E-state index contributed by atoms with van der Waals surface area (Å²) >= 11 is 0. The highest BCUT2D eigenvalue weighted by Gasteiger charge is 2.46. The lowest BCUT2D eigenvalue weighted by Gasteiger charge is -2.54. The smallest absolute Gasteiger partial charge is 0.306 e. The third kappa shape index (κ3) is 2.33. The Morgan fingerprint density at radius 3 is 1.93 bits per heavy atom. The molecule has 0 atom stereocenters. The fraction of sp³-hybridized carbons (Fsp3) is 0.917. The summed E-state index contributed by atoms with van der Waals surface area (Å²) in [5.74, 6) is -0.843. The van der Waals surface area contributed by atoms with E-state index < -0.39 is 5.97 Å². The van der Waals surface area contributed by atoms with E-state index in [2.05, 4.69) is 39.5 Å². The molecule has 88 valence electrons. The minimum absolute atomic E-state index is 0.0143. The molecule has 1 rings (SSSR count). The molecular weight excluding hydrogens is 190 g/mol. The van der Waals surface area contributed by atoms with Crippen LogP contribution in [0.2, 0.25) is 0 Å². The number of hydrogen-bond donors (Lipinski definition) is 1. The van der Waals surface area contributed by atoms with Gasteiger partial charge in [-0.2, -0.15) is 0 Å². The van der Waals surface area contributed by atoms with Crippen molar-refractivity contribution in [2.45, 2.75) is 58.5 Å². The maximum absolute atomic E-state index is 11.1. The minimum Gasteiger partial charge on any atom is -0.481 e. The van der Waals surface area contributed by atoms with E-state index in [1.165, 1.54) is 0 Å². The number of carboxylic acids is 1. The first-order valence-electron chi connectivity index (χ1n) is 5.71. The maximum atomic E-state index is 11.1. The number of hydrogen-bond acceptors (Lipinski definition) is 2. The van der Waals surface area contributed by atoms with Gasteiger partial charge in [-0.05, 0) is 47.1 Å². The summed E-state index contributed by atoms with van der Waals surface area (Å²) in [6, 6.07) is 0. The normalized spacial score (nSPS) is 26.5. The second kappa shape index (κ2) is 3.78. The van der Waals surface area contributed by atoms with Crippen LogP contribution in [0.25, 0.3) is 0 Å². The van der Waals surface area contributed by atoms with Gasteiger partial charge in [0.15, 0.2) is 0 Å². The van der Waals surface area contributed by atoms with Crippen molar-refractivity contribution in [3.05, 3.63) is 0 Å². The summed E-state index contributed by atoms with van der Waals surface area (Å²) in [6.45, 7) is 11.7. The molecule has 0 aromatic rings. The second-order valence-corrected chi connectivity index (χ2v) is 5.81. The van der Waals surface area contributed by atoms with Gasteiger partial charge in [0, 0.05) is 11.1 Å². The van der Waals surface area contributed by atoms with E-state index >= 15 is 0 Å². The van der Waals surface area contributed by atoms with Crippen molar-refractivity contribution in [3.63, 3.8) is 0 Å². The summed E-state index contributed by atoms with van der Waals surface area (Å²) in [4.78, 5) is 13.5. The van der Waals surface area contributed by atoms with Crippen molar-refractivity contribution >= 4 is 5.97 Å². The Hall–Kier alpha value is -0.570. The van der Waals surface area contributed by atoms with Crippen LogP contribution < -0.4 is 0 Å². The molecule has 1 heterocycles. The topological polar surface area (TPSA) is 40.5 Å². The lowest BCUT2D eigenvalue weighted by atomic mass is 9.74. The molecule has 0 spiro atoms. The summed E-state index contributed by atoms with van der Waals surface area (Å²) in [5.41, 5.74) is -0.0287. The molecule has 0 unspecified atom stereocenters. The van der Waals surface area contributed by atoms with Gasteiger partial charge in [-0.1, -0.05) is 6.92 Å². The van der Waals surface area contributed by atoms with Crippen LogP contribution in [0.1, 0.15) is 47.5 Å². The molecular formula is C12H23NO2. The average molecular weight is 213 g/mol. The van der Waals surface area contributed by atoms with E-state index in [1.807, 2.05) is 0 Å². The zero-order valence-corrected chi connectivity index (χ0v) is 10.5. The molecule has 0 radical (unpaired) electrons. The van der Waals surface area contributed by atoms with E-state index in [0.717, 1.165) is 19.4 Å². The molecule has 1 aliphatic rings. The predicted molar refractivity (Wildman–Crippen MR) is 60.9 cm³/mol. The minimum atomic E-state index is -0.646. The molecule has 0 amide bonds. The van der Waals surface area contributed by atoms with Crippen molar-refractivity contribution < 1.29 is 9.90 Å². The molecule has 0 bridgehead atoms. The zero-order valence-electron chi connectivity index (χ0n) is 10.5. The number of aliphatic carboxylic acids is 1. The van der Waals surface area contributed by atoms with Gasteiger partial charge in [0.05, 0.1) is 5.92 Å². The molecule has 1 saturated heterocycles. The molecule has 0 aliphatic carbocycles. The van der Waals surface area contributed by atoms with Crippen LogP contribution in [0.3, 0.4) is 0 Å². The van der Waals surface area contributed by atoms with Gasteiger partial charge in [-0.3, -0.25) is 9.69 Å². The number of carbonyl (C=O) groups is 1. The van der Waals surface area contributed by atoms with Crippen molar-refractivity contribution in [2.24, 2.45) is 5.92 Å². The van der Waals surface area contributed by atoms with E-state index in [1.54, 1.807) is 0 Å². The third-order valence-electron chi connectivity index (χ3n) is 3.62. The molecule has 0 aromatic carbocycles. The van der Waals surface area contributed by atoms with E-state index in [4.69, 9.17) is 5.11 Å². The van der Waals surface area contributed by atoms with Crippen molar-refractivity contribution in [3.8, 4) is 0 Å². The Labute approximate surface area is 92.5 Å². The quantitative estimate of drug-likeness (QED) is 0.765. The number of rotatable bonds is 2. The Morgan fingerprint density at radius 2 is 1.67 bits per heavy atom. The first kappa shape index (κ1) is 12.5. The van der Waals surface area contributed by atoms with E-state index in [-0.39, 0.29) is 17.0 Å². The molecule has 1 fully saturated rings. The maximum Gasteiger partial charge on any atom is 0.306 e. The summed E-state index contributed by atoms with van der Waals surface area (Å²) in [6.07, 6.45) is 1.50. The zero-order chi connectivity index (χ0) is 11.9.